The number of nitrogens with one attached hydrogen (secondary N) is 1. The Bertz CT molecular complexity index is 738. The molecule has 0 fully saturated rings. The number of aryl methyl sites for hydroxylation is 1. The van der Waals surface area contributed by atoms with Gasteiger partial charge in [-0.25, -0.2) is 4.98 Å². The highest BCUT2D eigenvalue weighted by Gasteiger charge is 2.06. The smallest absolute Gasteiger partial charge is 0.112 e. The topological polar surface area (TPSA) is 24.9 Å². The Kier molecular flexibility index (Phi) is 4.36. The van der Waals surface area contributed by atoms with Gasteiger partial charge >= 0.3 is 0 Å². The predicted octanol–water partition coefficient (Wildman–Crippen LogP) is 5.49. The molecule has 3 aromatic rings. The number of halogens is 1. The van der Waals surface area contributed by atoms with Gasteiger partial charge in [0.1, 0.15) is 5.01 Å². The second kappa shape index (κ2) is 6.41. The maximum absolute atomic E-state index is 4.69. The van der Waals surface area contributed by atoms with E-state index in [0.29, 0.717) is 0 Å². The zero-order valence-electron chi connectivity index (χ0n) is 11.6. The fourth-order valence-electron chi connectivity index (χ4n) is 2.09. The predicted molar refractivity (Wildman–Crippen MR) is 93.8 cm³/mol. The van der Waals surface area contributed by atoms with Crippen molar-refractivity contribution in [3.05, 3.63) is 69.0 Å². The molecule has 0 aliphatic rings. The molecule has 0 aliphatic heterocycles. The third-order valence-corrected chi connectivity index (χ3v) is 5.14. The molecule has 0 saturated heterocycles. The van der Waals surface area contributed by atoms with Gasteiger partial charge in [-0.15, -0.1) is 11.3 Å². The molecule has 0 amide bonds. The van der Waals surface area contributed by atoms with Crippen molar-refractivity contribution in [3.8, 4) is 11.3 Å². The molecule has 0 bridgehead atoms. The van der Waals surface area contributed by atoms with Crippen LogP contribution in [0.15, 0.2) is 58.4 Å². The third-order valence-electron chi connectivity index (χ3n) is 3.24. The van der Waals surface area contributed by atoms with Gasteiger partial charge in [0.05, 0.1) is 12.2 Å². The van der Waals surface area contributed by atoms with Crippen molar-refractivity contribution >= 4 is 33.0 Å². The van der Waals surface area contributed by atoms with Gasteiger partial charge in [-0.05, 0) is 34.5 Å². The molecule has 0 aliphatic carbocycles. The fraction of sp³-hybridized carbons (Fsp3) is 0.118. The summed E-state index contributed by atoms with van der Waals surface area (Å²) in [5.74, 6) is 0. The minimum Gasteiger partial charge on any atom is -0.378 e. The highest BCUT2D eigenvalue weighted by molar-refractivity contribution is 9.10. The molecule has 0 radical (unpaired) electrons. The van der Waals surface area contributed by atoms with Crippen molar-refractivity contribution in [2.24, 2.45) is 0 Å². The molecule has 0 spiro atoms. The minimum atomic E-state index is 0.736. The van der Waals surface area contributed by atoms with E-state index in [2.05, 4.69) is 68.9 Å². The first-order chi connectivity index (χ1) is 10.2. The zero-order chi connectivity index (χ0) is 14.7. The summed E-state index contributed by atoms with van der Waals surface area (Å²) in [5.41, 5.74) is 4.54. The number of rotatable bonds is 4. The first kappa shape index (κ1) is 14.3. The van der Waals surface area contributed by atoms with Crippen LogP contribution in [0, 0.1) is 6.92 Å². The summed E-state index contributed by atoms with van der Waals surface area (Å²) >= 11 is 5.30. The third kappa shape index (κ3) is 3.34. The summed E-state index contributed by atoms with van der Waals surface area (Å²) in [5, 5.41) is 6.63. The Hall–Kier alpha value is -1.65. The van der Waals surface area contributed by atoms with Crippen molar-refractivity contribution in [2.75, 3.05) is 5.32 Å². The molecular formula is C17H15BrN2S. The molecule has 1 aromatic heterocycles. The van der Waals surface area contributed by atoms with Crippen LogP contribution in [0.5, 0.6) is 0 Å². The molecule has 21 heavy (non-hydrogen) atoms. The molecular weight excluding hydrogens is 344 g/mol. The Labute approximate surface area is 137 Å². The highest BCUT2D eigenvalue weighted by Crippen LogP contribution is 2.27. The van der Waals surface area contributed by atoms with Crippen LogP contribution in [0.2, 0.25) is 0 Å². The number of hydrogen-bond acceptors (Lipinski definition) is 3. The minimum absolute atomic E-state index is 0.736. The lowest BCUT2D eigenvalue weighted by Gasteiger charge is -2.08. The Morgan fingerprint density at radius 1 is 1.10 bits per heavy atom. The van der Waals surface area contributed by atoms with E-state index in [-0.39, 0.29) is 0 Å². The van der Waals surface area contributed by atoms with Crippen LogP contribution in [0.4, 0.5) is 5.69 Å². The first-order valence-corrected chi connectivity index (χ1v) is 8.40. The number of hydrogen-bond donors (Lipinski definition) is 1. The van der Waals surface area contributed by atoms with Crippen molar-refractivity contribution in [1.29, 1.82) is 0 Å². The van der Waals surface area contributed by atoms with Crippen LogP contribution in [0.1, 0.15) is 10.6 Å². The molecule has 2 nitrogen and oxygen atoms in total. The number of nitrogens with zero attached hydrogens (tertiary/aromatic N) is 1. The average molecular weight is 359 g/mol. The zero-order valence-corrected chi connectivity index (χ0v) is 14.0. The Morgan fingerprint density at radius 3 is 2.71 bits per heavy atom. The van der Waals surface area contributed by atoms with E-state index in [1.165, 1.54) is 5.56 Å². The second-order valence-corrected chi connectivity index (χ2v) is 6.52. The molecule has 1 heterocycles. The average Bonchev–Trinajstić information content (AvgIpc) is 2.99. The summed E-state index contributed by atoms with van der Waals surface area (Å²) in [6, 6.07) is 16.5. The lowest BCUT2D eigenvalue weighted by molar-refractivity contribution is 1.10. The van der Waals surface area contributed by atoms with Gasteiger partial charge in [0.15, 0.2) is 0 Å². The van der Waals surface area contributed by atoms with Gasteiger partial charge < -0.3 is 5.32 Å². The van der Waals surface area contributed by atoms with Crippen LogP contribution < -0.4 is 5.32 Å². The number of benzene rings is 2. The van der Waals surface area contributed by atoms with Gasteiger partial charge in [-0.3, -0.25) is 0 Å². The molecule has 0 unspecified atom stereocenters. The summed E-state index contributed by atoms with van der Waals surface area (Å²) in [6.07, 6.45) is 0. The van der Waals surface area contributed by atoms with Crippen molar-refractivity contribution in [1.82, 2.24) is 4.98 Å². The van der Waals surface area contributed by atoms with Crippen LogP contribution in [0.25, 0.3) is 11.3 Å². The summed E-state index contributed by atoms with van der Waals surface area (Å²) in [6.45, 7) is 2.83. The quantitative estimate of drug-likeness (QED) is 0.666. The number of aromatic nitrogens is 1. The first-order valence-electron chi connectivity index (χ1n) is 6.73. The lowest BCUT2D eigenvalue weighted by atomic mass is 10.2. The van der Waals surface area contributed by atoms with Crippen LogP contribution in [-0.2, 0) is 6.54 Å². The van der Waals surface area contributed by atoms with Gasteiger partial charge in [-0.1, -0.05) is 42.5 Å². The maximum Gasteiger partial charge on any atom is 0.112 e. The summed E-state index contributed by atoms with van der Waals surface area (Å²) in [7, 11) is 0. The van der Waals surface area contributed by atoms with E-state index in [4.69, 9.17) is 0 Å². The van der Waals surface area contributed by atoms with Crippen molar-refractivity contribution < 1.29 is 0 Å². The van der Waals surface area contributed by atoms with Gasteiger partial charge in [0.2, 0.25) is 0 Å². The van der Waals surface area contributed by atoms with Crippen molar-refractivity contribution in [3.63, 3.8) is 0 Å². The van der Waals surface area contributed by atoms with E-state index in [0.717, 1.165) is 33.0 Å². The molecule has 0 saturated carbocycles. The SMILES string of the molecule is Cc1cccc(NCc2nc(-c3ccccc3)cs2)c1Br. The molecule has 2 aromatic carbocycles. The fourth-order valence-corrected chi connectivity index (χ4v) is 3.24. The van der Waals surface area contributed by atoms with Gasteiger partial charge in [0.25, 0.3) is 0 Å². The van der Waals surface area contributed by atoms with Crippen LogP contribution in [0.3, 0.4) is 0 Å². The molecule has 3 rings (SSSR count). The summed E-state index contributed by atoms with van der Waals surface area (Å²) < 4.78 is 1.12. The number of anilines is 1. The molecule has 4 heteroatoms. The standard InChI is InChI=1S/C17H15BrN2S/c1-12-6-5-9-14(17(12)18)19-10-16-20-15(11-21-16)13-7-3-2-4-8-13/h2-9,11,19H,10H2,1H3. The van der Waals surface area contributed by atoms with Crippen LogP contribution >= 0.6 is 27.3 Å². The van der Waals surface area contributed by atoms with E-state index in [1.807, 2.05) is 18.2 Å². The molecule has 0 atom stereocenters. The van der Waals surface area contributed by atoms with E-state index < -0.39 is 0 Å². The normalized spacial score (nSPS) is 10.6. The second-order valence-electron chi connectivity index (χ2n) is 4.78. The lowest BCUT2D eigenvalue weighted by Crippen LogP contribution is -2.00. The number of thiazole rings is 1. The van der Waals surface area contributed by atoms with E-state index >= 15 is 0 Å². The van der Waals surface area contributed by atoms with E-state index in [9.17, 15) is 0 Å². The monoisotopic (exact) mass is 358 g/mol. The summed E-state index contributed by atoms with van der Waals surface area (Å²) in [4.78, 5) is 4.69. The van der Waals surface area contributed by atoms with Crippen LogP contribution in [-0.4, -0.2) is 4.98 Å². The maximum atomic E-state index is 4.69. The van der Waals surface area contributed by atoms with E-state index in [1.54, 1.807) is 11.3 Å². The van der Waals surface area contributed by atoms with Gasteiger partial charge in [0, 0.05) is 21.1 Å². The molecule has 1 N–H and O–H groups in total. The Morgan fingerprint density at radius 2 is 1.90 bits per heavy atom. The Balaban J connectivity index is 1.72. The largest absolute Gasteiger partial charge is 0.378 e. The van der Waals surface area contributed by atoms with Crippen molar-refractivity contribution in [2.45, 2.75) is 13.5 Å². The van der Waals surface area contributed by atoms with Gasteiger partial charge in [-0.2, -0.15) is 0 Å². The molecule has 106 valence electrons. The highest BCUT2D eigenvalue weighted by atomic mass is 79.9.